The van der Waals surface area contributed by atoms with E-state index < -0.39 is 11.1 Å². The van der Waals surface area contributed by atoms with E-state index in [1.54, 1.807) is 12.1 Å². The SMILES string of the molecule is COc1ccc([C@H]2CC(c3ccccc3)=NN2C2=NC(=O)[C@@H](CC(=O)c3ccc(F)cc3)S2)cc1. The second-order valence-corrected chi connectivity index (χ2v) is 9.39. The Morgan fingerprint density at radius 3 is 2.46 bits per heavy atom. The molecular weight excluding hydrogens is 465 g/mol. The third kappa shape index (κ3) is 4.88. The molecule has 6 nitrogen and oxygen atoms in total. The molecule has 0 aromatic heterocycles. The van der Waals surface area contributed by atoms with Gasteiger partial charge >= 0.3 is 0 Å². The lowest BCUT2D eigenvalue weighted by Gasteiger charge is -2.23. The fraction of sp³-hybridized carbons (Fsp3) is 0.185. The van der Waals surface area contributed by atoms with Gasteiger partial charge in [0.2, 0.25) is 0 Å². The Morgan fingerprint density at radius 1 is 1.06 bits per heavy atom. The molecule has 2 heterocycles. The van der Waals surface area contributed by atoms with Crippen molar-refractivity contribution in [1.29, 1.82) is 0 Å². The molecule has 0 bridgehead atoms. The van der Waals surface area contributed by atoms with Gasteiger partial charge in [0.15, 0.2) is 11.0 Å². The molecule has 0 radical (unpaired) electrons. The van der Waals surface area contributed by atoms with Crippen LogP contribution in [0.15, 0.2) is 89.0 Å². The van der Waals surface area contributed by atoms with E-state index in [1.807, 2.05) is 54.6 Å². The van der Waals surface area contributed by atoms with Gasteiger partial charge in [-0.2, -0.15) is 10.1 Å². The number of rotatable bonds is 6. The van der Waals surface area contributed by atoms with Gasteiger partial charge < -0.3 is 4.74 Å². The Bertz CT molecular complexity index is 1310. The van der Waals surface area contributed by atoms with Crippen molar-refractivity contribution in [3.05, 3.63) is 101 Å². The number of hydrogen-bond donors (Lipinski definition) is 0. The number of halogens is 1. The molecule has 2 atom stereocenters. The second kappa shape index (κ2) is 9.84. The molecule has 0 saturated carbocycles. The van der Waals surface area contributed by atoms with E-state index >= 15 is 0 Å². The van der Waals surface area contributed by atoms with Gasteiger partial charge in [-0.15, -0.1) is 0 Å². The van der Waals surface area contributed by atoms with E-state index in [-0.39, 0.29) is 24.2 Å². The molecule has 35 heavy (non-hydrogen) atoms. The van der Waals surface area contributed by atoms with Crippen molar-refractivity contribution in [3.63, 3.8) is 0 Å². The Morgan fingerprint density at radius 2 is 1.77 bits per heavy atom. The number of methoxy groups -OCH3 is 1. The monoisotopic (exact) mass is 487 g/mol. The minimum absolute atomic E-state index is 0.0154. The summed E-state index contributed by atoms with van der Waals surface area (Å²) in [7, 11) is 1.62. The summed E-state index contributed by atoms with van der Waals surface area (Å²) < 4.78 is 18.5. The zero-order valence-electron chi connectivity index (χ0n) is 18.9. The highest BCUT2D eigenvalue weighted by molar-refractivity contribution is 8.15. The summed E-state index contributed by atoms with van der Waals surface area (Å²) in [5.41, 5.74) is 3.29. The predicted molar refractivity (Wildman–Crippen MR) is 134 cm³/mol. The summed E-state index contributed by atoms with van der Waals surface area (Å²) in [4.78, 5) is 29.7. The largest absolute Gasteiger partial charge is 0.497 e. The van der Waals surface area contributed by atoms with Gasteiger partial charge in [0.05, 0.1) is 18.9 Å². The van der Waals surface area contributed by atoms with Crippen molar-refractivity contribution < 1.29 is 18.7 Å². The summed E-state index contributed by atoms with van der Waals surface area (Å²) in [6.45, 7) is 0. The number of thioether (sulfide) groups is 1. The van der Waals surface area contributed by atoms with Crippen LogP contribution in [0.2, 0.25) is 0 Å². The van der Waals surface area contributed by atoms with Crippen molar-refractivity contribution in [3.8, 4) is 5.75 Å². The fourth-order valence-electron chi connectivity index (χ4n) is 4.10. The Hall–Kier alpha value is -3.78. The first-order valence-electron chi connectivity index (χ1n) is 11.2. The van der Waals surface area contributed by atoms with Crippen LogP contribution in [0, 0.1) is 5.82 Å². The van der Waals surface area contributed by atoms with Crippen molar-refractivity contribution in [2.75, 3.05) is 7.11 Å². The van der Waals surface area contributed by atoms with Crippen molar-refractivity contribution >= 4 is 34.3 Å². The van der Waals surface area contributed by atoms with Gasteiger partial charge in [0.25, 0.3) is 5.91 Å². The van der Waals surface area contributed by atoms with Gasteiger partial charge in [-0.05, 0) is 47.5 Å². The number of amidine groups is 1. The molecular formula is C27H22FN3O3S. The number of Topliss-reactive ketones (excluding diaryl/α,β-unsaturated/α-hetero) is 1. The van der Waals surface area contributed by atoms with E-state index in [4.69, 9.17) is 9.84 Å². The first-order valence-corrected chi connectivity index (χ1v) is 12.0. The molecule has 8 heteroatoms. The first kappa shape index (κ1) is 23.0. The van der Waals surface area contributed by atoms with Crippen LogP contribution in [0.3, 0.4) is 0 Å². The average Bonchev–Trinajstić information content (AvgIpc) is 3.49. The topological polar surface area (TPSA) is 71.3 Å². The van der Waals surface area contributed by atoms with Crippen LogP contribution in [0.5, 0.6) is 5.75 Å². The van der Waals surface area contributed by atoms with Crippen LogP contribution in [-0.2, 0) is 4.79 Å². The Labute approximate surface area is 206 Å². The van der Waals surface area contributed by atoms with Gasteiger partial charge in [0.1, 0.15) is 16.8 Å². The Kier molecular flexibility index (Phi) is 6.46. The van der Waals surface area contributed by atoms with E-state index in [1.165, 1.54) is 36.0 Å². The maximum Gasteiger partial charge on any atom is 0.262 e. The number of hydrogen-bond acceptors (Lipinski definition) is 6. The number of ether oxygens (including phenoxy) is 1. The number of ketones is 1. The van der Waals surface area contributed by atoms with Crippen molar-refractivity contribution in [2.45, 2.75) is 24.1 Å². The third-order valence-electron chi connectivity index (χ3n) is 5.98. The summed E-state index contributed by atoms with van der Waals surface area (Å²) in [5, 5.41) is 6.46. The lowest BCUT2D eigenvalue weighted by Crippen LogP contribution is -2.24. The van der Waals surface area contributed by atoms with Crippen LogP contribution in [0.4, 0.5) is 4.39 Å². The molecule has 0 fully saturated rings. The van der Waals surface area contributed by atoms with E-state index in [2.05, 4.69) is 4.99 Å². The van der Waals surface area contributed by atoms with E-state index in [0.29, 0.717) is 17.2 Å². The maximum atomic E-state index is 13.2. The molecule has 0 N–H and O–H groups in total. The lowest BCUT2D eigenvalue weighted by molar-refractivity contribution is -0.117. The highest BCUT2D eigenvalue weighted by Gasteiger charge is 2.39. The van der Waals surface area contributed by atoms with Gasteiger partial charge in [-0.1, -0.05) is 54.2 Å². The average molecular weight is 488 g/mol. The number of carbonyl (C=O) groups excluding carboxylic acids is 2. The molecule has 1 amide bonds. The third-order valence-corrected chi connectivity index (χ3v) is 7.12. The number of carbonyl (C=O) groups is 2. The number of benzene rings is 3. The first-order chi connectivity index (χ1) is 17.0. The molecule has 0 aliphatic carbocycles. The van der Waals surface area contributed by atoms with Crippen LogP contribution in [-0.4, -0.2) is 39.9 Å². The number of aliphatic imine (C=N–C) groups is 1. The smallest absolute Gasteiger partial charge is 0.262 e. The van der Waals surface area contributed by atoms with Gasteiger partial charge in [-0.25, -0.2) is 9.40 Å². The van der Waals surface area contributed by atoms with Crippen LogP contribution in [0.25, 0.3) is 0 Å². The minimum atomic E-state index is -0.643. The number of hydrazone groups is 1. The van der Waals surface area contributed by atoms with Crippen LogP contribution < -0.4 is 4.74 Å². The molecule has 2 aliphatic heterocycles. The minimum Gasteiger partial charge on any atom is -0.497 e. The van der Waals surface area contributed by atoms with Crippen molar-refractivity contribution in [2.24, 2.45) is 10.1 Å². The summed E-state index contributed by atoms with van der Waals surface area (Å²) >= 11 is 1.25. The number of amides is 1. The second-order valence-electron chi connectivity index (χ2n) is 8.22. The van der Waals surface area contributed by atoms with Crippen LogP contribution >= 0.6 is 11.8 Å². The van der Waals surface area contributed by atoms with Gasteiger partial charge in [-0.3, -0.25) is 9.59 Å². The Balaban J connectivity index is 1.39. The molecule has 176 valence electrons. The normalized spacial score (nSPS) is 19.5. The molecule has 0 spiro atoms. The zero-order chi connectivity index (χ0) is 24.4. The number of nitrogens with zero attached hydrogens (tertiary/aromatic N) is 3. The maximum absolute atomic E-state index is 13.2. The summed E-state index contributed by atoms with van der Waals surface area (Å²) in [5.74, 6) is -0.250. The highest BCUT2D eigenvalue weighted by atomic mass is 32.2. The predicted octanol–water partition coefficient (Wildman–Crippen LogP) is 5.26. The molecule has 0 saturated heterocycles. The standard InChI is InChI=1S/C27H22FN3O3S/c1-34-21-13-9-18(10-14-21)23-15-22(17-5-3-2-4-6-17)30-31(23)27-29-26(33)25(35-27)16-24(32)19-7-11-20(28)12-8-19/h2-14,23,25H,15-16H2,1H3/t23-,25-/m1/s1. The molecule has 5 rings (SSSR count). The van der Waals surface area contributed by atoms with E-state index in [9.17, 15) is 14.0 Å². The quantitative estimate of drug-likeness (QED) is 0.444. The zero-order valence-corrected chi connectivity index (χ0v) is 19.7. The van der Waals surface area contributed by atoms with Crippen LogP contribution in [0.1, 0.15) is 40.4 Å². The van der Waals surface area contributed by atoms with Gasteiger partial charge in [0, 0.05) is 18.4 Å². The molecule has 2 aliphatic rings. The van der Waals surface area contributed by atoms with Crippen molar-refractivity contribution in [1.82, 2.24) is 5.01 Å². The molecule has 0 unspecified atom stereocenters. The fourth-order valence-corrected chi connectivity index (χ4v) is 5.17. The lowest BCUT2D eigenvalue weighted by atomic mass is 9.98. The summed E-state index contributed by atoms with van der Waals surface area (Å²) in [6.07, 6.45) is 0.627. The molecule has 3 aromatic carbocycles. The van der Waals surface area contributed by atoms with E-state index in [0.717, 1.165) is 22.6 Å². The highest BCUT2D eigenvalue weighted by Crippen LogP contribution is 2.39. The molecule has 3 aromatic rings. The summed E-state index contributed by atoms with van der Waals surface area (Å²) in [6, 6.07) is 22.8.